The number of carbonyl (C=O) groups is 3. The van der Waals surface area contributed by atoms with E-state index in [0.717, 1.165) is 19.3 Å². The van der Waals surface area contributed by atoms with Crippen LogP contribution in [0.4, 0.5) is 4.79 Å². The molecule has 3 amide bonds. The topological polar surface area (TPSA) is 79.0 Å². The van der Waals surface area contributed by atoms with Crippen LogP contribution >= 0.6 is 0 Å². The van der Waals surface area contributed by atoms with Crippen LogP contribution in [0, 0.1) is 0 Å². The van der Waals surface area contributed by atoms with Crippen LogP contribution in [0.15, 0.2) is 0 Å². The highest BCUT2D eigenvalue weighted by Crippen LogP contribution is 2.14. The Kier molecular flexibility index (Phi) is 6.07. The number of ether oxygens (including phenoxy) is 1. The minimum atomic E-state index is -0.536. The monoisotopic (exact) mass is 339 g/mol. The van der Waals surface area contributed by atoms with Crippen molar-refractivity contribution in [2.75, 3.05) is 26.2 Å². The van der Waals surface area contributed by atoms with Gasteiger partial charge in [-0.05, 0) is 40.0 Å². The van der Waals surface area contributed by atoms with Crippen LogP contribution in [0.2, 0.25) is 0 Å². The normalized spacial score (nSPS) is 22.3. The summed E-state index contributed by atoms with van der Waals surface area (Å²) in [4.78, 5) is 39.6. The first-order valence-electron chi connectivity index (χ1n) is 8.80. The van der Waals surface area contributed by atoms with E-state index in [1.54, 1.807) is 9.80 Å². The van der Waals surface area contributed by atoms with Gasteiger partial charge in [-0.3, -0.25) is 9.59 Å². The highest BCUT2D eigenvalue weighted by atomic mass is 16.6. The predicted octanol–water partition coefficient (Wildman–Crippen LogP) is 1.51. The Bertz CT molecular complexity index is 487. The van der Waals surface area contributed by atoms with E-state index in [-0.39, 0.29) is 24.4 Å². The first-order valence-corrected chi connectivity index (χ1v) is 8.80. The van der Waals surface area contributed by atoms with Crippen molar-refractivity contribution in [1.29, 1.82) is 0 Å². The third kappa shape index (κ3) is 5.69. The molecule has 24 heavy (non-hydrogen) atoms. The second-order valence-corrected chi connectivity index (χ2v) is 7.60. The van der Waals surface area contributed by atoms with Crippen molar-refractivity contribution in [3.8, 4) is 0 Å². The minimum Gasteiger partial charge on any atom is -0.444 e. The number of hydrogen-bond donors (Lipinski definition) is 1. The molecule has 2 rings (SSSR count). The quantitative estimate of drug-likeness (QED) is 0.845. The molecule has 2 aliphatic rings. The first kappa shape index (κ1) is 18.5. The van der Waals surface area contributed by atoms with E-state index in [4.69, 9.17) is 4.74 Å². The fraction of sp³-hybridized carbons (Fsp3) is 0.824. The number of alkyl carbamates (subject to hydrolysis) is 1. The van der Waals surface area contributed by atoms with Crippen molar-refractivity contribution in [3.63, 3.8) is 0 Å². The maximum Gasteiger partial charge on any atom is 0.407 e. The molecule has 1 N–H and O–H groups in total. The van der Waals surface area contributed by atoms with Crippen LogP contribution < -0.4 is 5.32 Å². The molecular formula is C17H29N3O4. The van der Waals surface area contributed by atoms with Crippen LogP contribution in [0.1, 0.15) is 52.9 Å². The van der Waals surface area contributed by atoms with Crippen LogP contribution in [0.25, 0.3) is 0 Å². The van der Waals surface area contributed by atoms with Crippen molar-refractivity contribution < 1.29 is 19.1 Å². The van der Waals surface area contributed by atoms with Crippen molar-refractivity contribution in [2.45, 2.75) is 64.5 Å². The van der Waals surface area contributed by atoms with E-state index >= 15 is 0 Å². The fourth-order valence-electron chi connectivity index (χ4n) is 3.05. The molecule has 0 aromatic carbocycles. The van der Waals surface area contributed by atoms with Gasteiger partial charge in [0.25, 0.3) is 0 Å². The van der Waals surface area contributed by atoms with Crippen LogP contribution in [-0.2, 0) is 14.3 Å². The average Bonchev–Trinajstić information content (AvgIpc) is 2.82. The summed E-state index contributed by atoms with van der Waals surface area (Å²) >= 11 is 0. The standard InChI is InChI=1S/C17H29N3O4/c1-17(2,3)24-16(23)18-13-8-10-20(11-13)15(22)12-19-9-6-4-5-7-14(19)21/h13H,4-12H2,1-3H3,(H,18,23). The molecular weight excluding hydrogens is 310 g/mol. The molecule has 7 heteroatoms. The van der Waals surface area contributed by atoms with Gasteiger partial charge in [-0.1, -0.05) is 6.42 Å². The highest BCUT2D eigenvalue weighted by molar-refractivity contribution is 5.85. The van der Waals surface area contributed by atoms with Gasteiger partial charge in [0.1, 0.15) is 5.60 Å². The smallest absolute Gasteiger partial charge is 0.407 e. The van der Waals surface area contributed by atoms with Gasteiger partial charge >= 0.3 is 6.09 Å². The Morgan fingerprint density at radius 3 is 2.67 bits per heavy atom. The molecule has 0 aromatic rings. The lowest BCUT2D eigenvalue weighted by Gasteiger charge is -2.24. The minimum absolute atomic E-state index is 0.0428. The van der Waals surface area contributed by atoms with Gasteiger partial charge in [0.05, 0.1) is 12.6 Å². The van der Waals surface area contributed by atoms with E-state index in [1.165, 1.54) is 0 Å². The predicted molar refractivity (Wildman–Crippen MR) is 89.4 cm³/mol. The lowest BCUT2D eigenvalue weighted by molar-refractivity contribution is -0.139. The van der Waals surface area contributed by atoms with Gasteiger partial charge in [0.2, 0.25) is 11.8 Å². The number of likely N-dealkylation sites (tertiary alicyclic amines) is 2. The maximum atomic E-state index is 12.4. The molecule has 0 spiro atoms. The van der Waals surface area contributed by atoms with Gasteiger partial charge in [0.15, 0.2) is 0 Å². The second kappa shape index (κ2) is 7.85. The number of amides is 3. The largest absolute Gasteiger partial charge is 0.444 e. The summed E-state index contributed by atoms with van der Waals surface area (Å²) in [6, 6.07) is -0.0939. The lowest BCUT2D eigenvalue weighted by Crippen LogP contribution is -2.44. The molecule has 2 heterocycles. The number of nitrogens with one attached hydrogen (secondary N) is 1. The molecule has 0 saturated carbocycles. The number of nitrogens with zero attached hydrogens (tertiary/aromatic N) is 2. The molecule has 136 valence electrons. The van der Waals surface area contributed by atoms with Crippen molar-refractivity contribution in [1.82, 2.24) is 15.1 Å². The summed E-state index contributed by atoms with van der Waals surface area (Å²) < 4.78 is 5.24. The van der Waals surface area contributed by atoms with Gasteiger partial charge < -0.3 is 19.9 Å². The summed E-state index contributed by atoms with van der Waals surface area (Å²) in [5.74, 6) is 0.0298. The maximum absolute atomic E-state index is 12.4. The third-order valence-electron chi connectivity index (χ3n) is 4.26. The Labute approximate surface area is 143 Å². The van der Waals surface area contributed by atoms with Crippen molar-refractivity contribution >= 4 is 17.9 Å². The molecule has 0 bridgehead atoms. The Balaban J connectivity index is 1.78. The Morgan fingerprint density at radius 1 is 1.21 bits per heavy atom. The molecule has 2 aliphatic heterocycles. The van der Waals surface area contributed by atoms with E-state index in [2.05, 4.69) is 5.32 Å². The fourth-order valence-corrected chi connectivity index (χ4v) is 3.05. The van der Waals surface area contributed by atoms with Gasteiger partial charge in [-0.25, -0.2) is 4.79 Å². The van der Waals surface area contributed by atoms with Crippen LogP contribution in [-0.4, -0.2) is 65.5 Å². The number of carbonyl (C=O) groups excluding carboxylic acids is 3. The van der Waals surface area contributed by atoms with E-state index in [9.17, 15) is 14.4 Å². The van der Waals surface area contributed by atoms with E-state index in [0.29, 0.717) is 32.5 Å². The molecule has 1 unspecified atom stereocenters. The Morgan fingerprint density at radius 2 is 1.96 bits per heavy atom. The average molecular weight is 339 g/mol. The molecule has 0 aromatic heterocycles. The SMILES string of the molecule is CC(C)(C)OC(=O)NC1CCN(C(=O)CN2CCCCCC2=O)C1. The molecule has 0 aliphatic carbocycles. The van der Waals surface area contributed by atoms with Crippen LogP contribution in [0.3, 0.4) is 0 Å². The summed E-state index contributed by atoms with van der Waals surface area (Å²) in [5.41, 5.74) is -0.536. The van der Waals surface area contributed by atoms with Crippen molar-refractivity contribution in [2.24, 2.45) is 0 Å². The molecule has 7 nitrogen and oxygen atoms in total. The van der Waals surface area contributed by atoms with Crippen molar-refractivity contribution in [3.05, 3.63) is 0 Å². The van der Waals surface area contributed by atoms with Gasteiger partial charge in [-0.2, -0.15) is 0 Å². The lowest BCUT2D eigenvalue weighted by atomic mass is 10.2. The first-order chi connectivity index (χ1) is 11.2. The van der Waals surface area contributed by atoms with E-state index in [1.807, 2.05) is 20.8 Å². The van der Waals surface area contributed by atoms with E-state index < -0.39 is 11.7 Å². The zero-order valence-electron chi connectivity index (χ0n) is 15.0. The number of rotatable bonds is 3. The van der Waals surface area contributed by atoms with Gasteiger partial charge in [-0.15, -0.1) is 0 Å². The summed E-state index contributed by atoms with van der Waals surface area (Å²) in [5, 5.41) is 2.81. The second-order valence-electron chi connectivity index (χ2n) is 7.60. The van der Waals surface area contributed by atoms with Crippen LogP contribution in [0.5, 0.6) is 0 Å². The summed E-state index contributed by atoms with van der Waals surface area (Å²) in [7, 11) is 0. The summed E-state index contributed by atoms with van der Waals surface area (Å²) in [6.45, 7) is 7.33. The molecule has 0 radical (unpaired) electrons. The summed E-state index contributed by atoms with van der Waals surface area (Å²) in [6.07, 6.45) is 3.71. The number of hydrogen-bond acceptors (Lipinski definition) is 4. The highest BCUT2D eigenvalue weighted by Gasteiger charge is 2.30. The third-order valence-corrected chi connectivity index (χ3v) is 4.26. The van der Waals surface area contributed by atoms with Gasteiger partial charge in [0, 0.05) is 26.1 Å². The molecule has 2 saturated heterocycles. The molecule has 1 atom stereocenters. The Hall–Kier alpha value is -1.79. The zero-order chi connectivity index (χ0) is 17.7. The molecule has 2 fully saturated rings. The zero-order valence-corrected chi connectivity index (χ0v) is 15.0.